The molecule has 1 N–H and O–H groups in total. The molecule has 1 saturated heterocycles. The van der Waals surface area contributed by atoms with Crippen LogP contribution in [-0.4, -0.2) is 36.8 Å². The van der Waals surface area contributed by atoms with Crippen LogP contribution in [0.3, 0.4) is 0 Å². The molecule has 0 radical (unpaired) electrons. The zero-order valence-electron chi connectivity index (χ0n) is 12.3. The van der Waals surface area contributed by atoms with Crippen LogP contribution < -0.4 is 0 Å². The Labute approximate surface area is 144 Å². The number of nitrogens with zero attached hydrogens (tertiary/aromatic N) is 3. The van der Waals surface area contributed by atoms with Gasteiger partial charge in [0.2, 0.25) is 5.88 Å². The average Bonchev–Trinajstić information content (AvgIpc) is 3.23. The van der Waals surface area contributed by atoms with Gasteiger partial charge in [-0.15, -0.1) is 11.3 Å². The van der Waals surface area contributed by atoms with Gasteiger partial charge in [-0.1, -0.05) is 11.8 Å². The Hall–Kier alpha value is -2.26. The van der Waals surface area contributed by atoms with Crippen molar-refractivity contribution in [3.05, 3.63) is 39.3 Å². The molecule has 3 aliphatic rings. The summed E-state index contributed by atoms with van der Waals surface area (Å²) in [5.74, 6) is -0.164. The third-order valence-electron chi connectivity index (χ3n) is 4.33. The molecule has 7 nitrogen and oxygen atoms in total. The molecule has 122 valence electrons. The van der Waals surface area contributed by atoms with Gasteiger partial charge in [0.15, 0.2) is 4.96 Å². The number of carbonyl (C=O) groups is 2. The number of amides is 1. The van der Waals surface area contributed by atoms with E-state index < -0.39 is 6.16 Å². The minimum Gasteiger partial charge on any atom is -0.449 e. The van der Waals surface area contributed by atoms with Crippen LogP contribution in [0.1, 0.15) is 22.7 Å². The van der Waals surface area contributed by atoms with Crippen LogP contribution in [0, 0.1) is 0 Å². The fraction of sp³-hybridized carbons (Fsp3) is 0.267. The fourth-order valence-electron chi connectivity index (χ4n) is 3.30. The van der Waals surface area contributed by atoms with Gasteiger partial charge >= 0.3 is 6.16 Å². The summed E-state index contributed by atoms with van der Waals surface area (Å²) in [6.45, 7) is 0. The second kappa shape index (κ2) is 4.87. The van der Waals surface area contributed by atoms with Crippen molar-refractivity contribution >= 4 is 46.2 Å². The minimum atomic E-state index is -1.42. The first-order valence-electron chi connectivity index (χ1n) is 7.43. The van der Waals surface area contributed by atoms with Gasteiger partial charge in [0, 0.05) is 22.2 Å². The molecule has 2 aliphatic heterocycles. The molecule has 1 aliphatic carbocycles. The number of imidazole rings is 1. The molecule has 1 atom stereocenters. The van der Waals surface area contributed by atoms with Crippen molar-refractivity contribution in [2.75, 3.05) is 0 Å². The quantitative estimate of drug-likeness (QED) is 0.503. The second-order valence-electron chi connectivity index (χ2n) is 5.73. The second-order valence-corrected chi connectivity index (χ2v) is 7.75. The number of aryl methyl sites for hydroxylation is 2. The van der Waals surface area contributed by atoms with E-state index in [0.717, 1.165) is 23.5 Å². The van der Waals surface area contributed by atoms with E-state index in [2.05, 4.69) is 14.1 Å². The Kier molecular flexibility index (Phi) is 2.86. The normalized spacial score (nSPS) is 23.4. The average molecular weight is 361 g/mol. The van der Waals surface area contributed by atoms with Crippen LogP contribution in [0.25, 0.3) is 11.0 Å². The number of β-lactam (4-membered cyclic amide) rings is 1. The van der Waals surface area contributed by atoms with Crippen molar-refractivity contribution in [1.29, 1.82) is 0 Å². The minimum absolute atomic E-state index is 0.0725. The largest absolute Gasteiger partial charge is 0.512 e. The Bertz CT molecular complexity index is 971. The van der Waals surface area contributed by atoms with Crippen molar-refractivity contribution in [3.63, 3.8) is 0 Å². The summed E-state index contributed by atoms with van der Waals surface area (Å²) in [5, 5.41) is 10.0. The zero-order chi connectivity index (χ0) is 16.4. The Morgan fingerprint density at radius 2 is 2.33 bits per heavy atom. The molecular formula is C15H11N3O4S2. The summed E-state index contributed by atoms with van der Waals surface area (Å²) < 4.78 is 6.74. The predicted octanol–water partition coefficient (Wildman–Crippen LogP) is 2.68. The molecule has 9 heteroatoms. The van der Waals surface area contributed by atoms with E-state index in [1.807, 2.05) is 6.20 Å². The lowest BCUT2D eigenvalue weighted by molar-refractivity contribution is -0.133. The first-order valence-corrected chi connectivity index (χ1v) is 9.19. The van der Waals surface area contributed by atoms with E-state index in [9.17, 15) is 9.59 Å². The number of thioether (sulfide) groups is 1. The maximum Gasteiger partial charge on any atom is 0.512 e. The molecule has 0 spiro atoms. The van der Waals surface area contributed by atoms with Crippen molar-refractivity contribution in [3.8, 4) is 0 Å². The first kappa shape index (κ1) is 14.1. The highest BCUT2D eigenvalue weighted by Gasteiger charge is 2.49. The fourth-order valence-corrected chi connectivity index (χ4v) is 5.54. The number of hydrogen-bond donors (Lipinski definition) is 1. The number of thiazole rings is 1. The number of rotatable bonds is 2. The van der Waals surface area contributed by atoms with Crippen molar-refractivity contribution in [2.24, 2.45) is 0 Å². The molecule has 2 aromatic rings. The van der Waals surface area contributed by atoms with Gasteiger partial charge < -0.3 is 9.84 Å². The summed E-state index contributed by atoms with van der Waals surface area (Å²) in [4.78, 5) is 31.2. The third-order valence-corrected chi connectivity index (χ3v) is 6.55. The van der Waals surface area contributed by atoms with Gasteiger partial charge in [-0.25, -0.2) is 9.78 Å². The van der Waals surface area contributed by atoms with Crippen LogP contribution in [0.5, 0.6) is 0 Å². The molecule has 0 unspecified atom stereocenters. The van der Waals surface area contributed by atoms with Gasteiger partial charge in [0.25, 0.3) is 5.91 Å². The summed E-state index contributed by atoms with van der Waals surface area (Å²) >= 11 is 3.07. The van der Waals surface area contributed by atoms with Crippen molar-refractivity contribution in [2.45, 2.75) is 24.6 Å². The zero-order valence-corrected chi connectivity index (χ0v) is 13.9. The van der Waals surface area contributed by atoms with E-state index in [-0.39, 0.29) is 17.2 Å². The lowest BCUT2D eigenvalue weighted by Crippen LogP contribution is -2.50. The van der Waals surface area contributed by atoms with Gasteiger partial charge in [-0.3, -0.25) is 14.1 Å². The highest BCUT2D eigenvalue weighted by Crippen LogP contribution is 2.45. The molecule has 0 aromatic carbocycles. The lowest BCUT2D eigenvalue weighted by atomic mass is 10.1. The summed E-state index contributed by atoms with van der Waals surface area (Å²) in [7, 11) is 0. The topological polar surface area (TPSA) is 84.1 Å². The molecule has 5 rings (SSSR count). The number of ether oxygens (including phenoxy) is 1. The first-order chi connectivity index (χ1) is 11.6. The number of aromatic nitrogens is 2. The smallest absolute Gasteiger partial charge is 0.449 e. The third kappa shape index (κ3) is 1.88. The highest BCUT2D eigenvalue weighted by molar-refractivity contribution is 8.03. The Balaban J connectivity index is 1.43. The van der Waals surface area contributed by atoms with E-state index in [0.29, 0.717) is 5.57 Å². The Morgan fingerprint density at radius 1 is 1.46 bits per heavy atom. The molecule has 1 fully saturated rings. The van der Waals surface area contributed by atoms with Crippen LogP contribution in [-0.2, 0) is 22.4 Å². The summed E-state index contributed by atoms with van der Waals surface area (Å²) in [6.07, 6.45) is 5.73. The molecule has 4 heterocycles. The van der Waals surface area contributed by atoms with Crippen LogP contribution in [0.2, 0.25) is 0 Å². The van der Waals surface area contributed by atoms with Crippen LogP contribution in [0.4, 0.5) is 4.79 Å². The predicted molar refractivity (Wildman–Crippen MR) is 88.5 cm³/mol. The summed E-state index contributed by atoms with van der Waals surface area (Å²) in [5.41, 5.74) is 2.71. The van der Waals surface area contributed by atoms with Gasteiger partial charge in [0.1, 0.15) is 5.37 Å². The number of fused-ring (bicyclic) bond motifs is 4. The van der Waals surface area contributed by atoms with Crippen LogP contribution >= 0.6 is 23.1 Å². The van der Waals surface area contributed by atoms with E-state index in [1.165, 1.54) is 33.7 Å². The summed E-state index contributed by atoms with van der Waals surface area (Å²) in [6, 6.07) is 0. The van der Waals surface area contributed by atoms with E-state index in [4.69, 9.17) is 5.11 Å². The molecule has 2 aromatic heterocycles. The van der Waals surface area contributed by atoms with Gasteiger partial charge in [-0.05, 0) is 25.3 Å². The lowest BCUT2D eigenvalue weighted by Gasteiger charge is -2.36. The SMILES string of the molecule is O=C(O)OC1=CS[C@@H]2/C(=C\c3cn4c5c(sc4n3)CCC5)C(=O)N12. The maximum atomic E-state index is 12.3. The monoisotopic (exact) mass is 361 g/mol. The standard InChI is InChI=1S/C15H11N3O4S2/c19-12-8(13-18(12)11(6-23-13)22-15(20)21)4-7-5-17-9-2-1-3-10(9)24-14(17)16-7/h4-6,13H,1-3H2,(H,20,21)/b8-4-/t13-/m1/s1. The van der Waals surface area contributed by atoms with E-state index in [1.54, 1.807) is 22.8 Å². The Morgan fingerprint density at radius 3 is 3.17 bits per heavy atom. The van der Waals surface area contributed by atoms with Gasteiger partial charge in [-0.2, -0.15) is 0 Å². The van der Waals surface area contributed by atoms with E-state index >= 15 is 0 Å². The molecule has 24 heavy (non-hydrogen) atoms. The maximum absolute atomic E-state index is 12.3. The number of hydrogen-bond acceptors (Lipinski definition) is 6. The molecule has 0 saturated carbocycles. The number of carbonyl (C=O) groups excluding carboxylic acids is 1. The highest BCUT2D eigenvalue weighted by atomic mass is 32.2. The molecule has 0 bridgehead atoms. The van der Waals surface area contributed by atoms with Crippen molar-refractivity contribution in [1.82, 2.24) is 14.3 Å². The number of carboxylic acid groups (broad SMARTS) is 1. The molecular weight excluding hydrogens is 350 g/mol. The van der Waals surface area contributed by atoms with Crippen LogP contribution in [0.15, 0.2) is 23.1 Å². The van der Waals surface area contributed by atoms with Gasteiger partial charge in [0.05, 0.1) is 11.3 Å². The molecule has 1 amide bonds. The van der Waals surface area contributed by atoms with Crippen molar-refractivity contribution < 1.29 is 19.4 Å².